The number of halogens is 3. The van der Waals surface area contributed by atoms with E-state index in [1.54, 1.807) is 15.9 Å². The SMILES string of the molecule is Cc1c(CCCF)c(Cl)n2nc(Cl)nc(NCc3cccs3)c12. The highest BCUT2D eigenvalue weighted by Gasteiger charge is 2.19. The first-order valence-corrected chi connectivity index (χ1v) is 8.80. The van der Waals surface area contributed by atoms with Crippen LogP contribution in [-0.2, 0) is 13.0 Å². The van der Waals surface area contributed by atoms with E-state index in [0.29, 0.717) is 30.4 Å². The summed E-state index contributed by atoms with van der Waals surface area (Å²) in [5, 5.41) is 10.1. The molecular formula is C15H15Cl2FN4S. The number of fused-ring (bicyclic) bond motifs is 1. The Bertz CT molecular complexity index is 817. The third-order valence-corrected chi connectivity index (χ3v) is 5.06. The van der Waals surface area contributed by atoms with Gasteiger partial charge in [-0.3, -0.25) is 4.39 Å². The molecule has 8 heteroatoms. The third-order valence-electron chi connectivity index (χ3n) is 3.64. The van der Waals surface area contributed by atoms with Crippen molar-refractivity contribution in [2.45, 2.75) is 26.3 Å². The van der Waals surface area contributed by atoms with E-state index in [0.717, 1.165) is 16.6 Å². The summed E-state index contributed by atoms with van der Waals surface area (Å²) in [4.78, 5) is 5.48. The minimum atomic E-state index is -0.377. The van der Waals surface area contributed by atoms with Crippen LogP contribution < -0.4 is 5.32 Å². The smallest absolute Gasteiger partial charge is 0.243 e. The third kappa shape index (κ3) is 3.29. The molecule has 0 unspecified atom stereocenters. The van der Waals surface area contributed by atoms with Gasteiger partial charge in [-0.05, 0) is 53.9 Å². The average molecular weight is 373 g/mol. The van der Waals surface area contributed by atoms with Crippen LogP contribution in [0.2, 0.25) is 10.4 Å². The molecular weight excluding hydrogens is 358 g/mol. The van der Waals surface area contributed by atoms with Crippen LogP contribution in [0.5, 0.6) is 0 Å². The van der Waals surface area contributed by atoms with Crippen LogP contribution in [0.4, 0.5) is 10.2 Å². The fourth-order valence-corrected chi connectivity index (χ4v) is 3.71. The molecule has 0 aliphatic heterocycles. The van der Waals surface area contributed by atoms with E-state index in [9.17, 15) is 4.39 Å². The molecule has 0 aliphatic rings. The highest BCUT2D eigenvalue weighted by Crippen LogP contribution is 2.32. The Morgan fingerprint density at radius 3 is 2.91 bits per heavy atom. The molecule has 3 aromatic rings. The van der Waals surface area contributed by atoms with E-state index in [-0.39, 0.29) is 12.0 Å². The van der Waals surface area contributed by atoms with Crippen LogP contribution in [0.25, 0.3) is 5.52 Å². The fraction of sp³-hybridized carbons (Fsp3) is 0.333. The van der Waals surface area contributed by atoms with Crippen LogP contribution >= 0.6 is 34.5 Å². The van der Waals surface area contributed by atoms with Crippen molar-refractivity contribution in [1.29, 1.82) is 0 Å². The first-order chi connectivity index (χ1) is 11.1. The molecule has 122 valence electrons. The number of nitrogens with zero attached hydrogens (tertiary/aromatic N) is 3. The van der Waals surface area contributed by atoms with Gasteiger partial charge in [0.25, 0.3) is 0 Å². The zero-order valence-electron chi connectivity index (χ0n) is 12.4. The molecule has 0 aliphatic carbocycles. The quantitative estimate of drug-likeness (QED) is 0.667. The van der Waals surface area contributed by atoms with Gasteiger partial charge in [0, 0.05) is 4.88 Å². The van der Waals surface area contributed by atoms with Crippen LogP contribution in [-0.4, -0.2) is 21.3 Å². The summed E-state index contributed by atoms with van der Waals surface area (Å²) in [6, 6.07) is 4.04. The van der Waals surface area contributed by atoms with E-state index in [1.165, 1.54) is 4.88 Å². The topological polar surface area (TPSA) is 42.2 Å². The van der Waals surface area contributed by atoms with Crippen molar-refractivity contribution in [1.82, 2.24) is 14.6 Å². The molecule has 0 aromatic carbocycles. The van der Waals surface area contributed by atoms with Gasteiger partial charge in [0.05, 0.1) is 13.2 Å². The minimum Gasteiger partial charge on any atom is -0.363 e. The molecule has 0 atom stereocenters. The maximum Gasteiger partial charge on any atom is 0.243 e. The second-order valence-electron chi connectivity index (χ2n) is 5.11. The van der Waals surface area contributed by atoms with Crippen molar-refractivity contribution in [2.75, 3.05) is 12.0 Å². The highest BCUT2D eigenvalue weighted by atomic mass is 35.5. The van der Waals surface area contributed by atoms with Crippen LogP contribution in [0.15, 0.2) is 17.5 Å². The Labute approximate surface area is 147 Å². The number of anilines is 1. The van der Waals surface area contributed by atoms with Gasteiger partial charge in [-0.25, -0.2) is 4.52 Å². The first-order valence-electron chi connectivity index (χ1n) is 7.17. The Kier molecular flexibility index (Phi) is 5.04. The predicted molar refractivity (Wildman–Crippen MR) is 93.7 cm³/mol. The number of aromatic nitrogens is 3. The van der Waals surface area contributed by atoms with E-state index in [1.807, 2.05) is 24.4 Å². The van der Waals surface area contributed by atoms with E-state index in [2.05, 4.69) is 15.4 Å². The lowest BCUT2D eigenvalue weighted by atomic mass is 10.1. The Morgan fingerprint density at radius 2 is 2.22 bits per heavy atom. The van der Waals surface area contributed by atoms with Crippen LogP contribution in [0, 0.1) is 6.92 Å². The lowest BCUT2D eigenvalue weighted by molar-refractivity contribution is 0.473. The van der Waals surface area contributed by atoms with Gasteiger partial charge in [-0.1, -0.05) is 17.7 Å². The number of thiophene rings is 1. The second-order valence-corrected chi connectivity index (χ2v) is 6.84. The van der Waals surface area contributed by atoms with Gasteiger partial charge in [-0.15, -0.1) is 16.4 Å². The maximum absolute atomic E-state index is 12.5. The molecule has 0 spiro atoms. The second kappa shape index (κ2) is 7.03. The van der Waals surface area contributed by atoms with Crippen molar-refractivity contribution in [3.05, 3.63) is 44.0 Å². The summed E-state index contributed by atoms with van der Waals surface area (Å²) in [6.45, 7) is 2.21. The van der Waals surface area contributed by atoms with E-state index >= 15 is 0 Å². The van der Waals surface area contributed by atoms with Crippen molar-refractivity contribution in [3.63, 3.8) is 0 Å². The predicted octanol–water partition coefficient (Wildman–Crippen LogP) is 4.92. The molecule has 23 heavy (non-hydrogen) atoms. The minimum absolute atomic E-state index is 0.111. The van der Waals surface area contributed by atoms with Gasteiger partial charge in [0.2, 0.25) is 5.28 Å². The Balaban J connectivity index is 2.02. The summed E-state index contributed by atoms with van der Waals surface area (Å²) < 4.78 is 14.1. The largest absolute Gasteiger partial charge is 0.363 e. The van der Waals surface area contributed by atoms with Crippen molar-refractivity contribution in [3.8, 4) is 0 Å². The summed E-state index contributed by atoms with van der Waals surface area (Å²) in [6.07, 6.45) is 0.989. The molecule has 3 aromatic heterocycles. The van der Waals surface area contributed by atoms with Gasteiger partial charge in [0.15, 0.2) is 5.82 Å². The summed E-state index contributed by atoms with van der Waals surface area (Å²) in [5.41, 5.74) is 2.62. The molecule has 0 saturated carbocycles. The average Bonchev–Trinajstić information content (AvgIpc) is 3.12. The fourth-order valence-electron chi connectivity index (χ4n) is 2.55. The summed E-state index contributed by atoms with van der Waals surface area (Å²) in [5.74, 6) is 0.629. The highest BCUT2D eigenvalue weighted by molar-refractivity contribution is 7.09. The molecule has 0 radical (unpaired) electrons. The van der Waals surface area contributed by atoms with Crippen LogP contribution in [0.1, 0.15) is 22.4 Å². The van der Waals surface area contributed by atoms with Gasteiger partial charge in [-0.2, -0.15) is 4.98 Å². The van der Waals surface area contributed by atoms with E-state index < -0.39 is 0 Å². The monoisotopic (exact) mass is 372 g/mol. The summed E-state index contributed by atoms with van der Waals surface area (Å²) >= 11 is 14.1. The summed E-state index contributed by atoms with van der Waals surface area (Å²) in [7, 11) is 0. The molecule has 3 rings (SSSR count). The van der Waals surface area contributed by atoms with Crippen molar-refractivity contribution >= 4 is 45.9 Å². The number of hydrogen-bond acceptors (Lipinski definition) is 4. The number of hydrogen-bond donors (Lipinski definition) is 1. The Morgan fingerprint density at radius 1 is 1.39 bits per heavy atom. The molecule has 0 amide bonds. The Hall–Kier alpha value is -1.37. The molecule has 1 N–H and O–H groups in total. The van der Waals surface area contributed by atoms with Crippen molar-refractivity contribution in [2.24, 2.45) is 0 Å². The first kappa shape index (κ1) is 16.5. The lowest BCUT2D eigenvalue weighted by Crippen LogP contribution is -2.05. The maximum atomic E-state index is 12.5. The molecule has 0 saturated heterocycles. The van der Waals surface area contributed by atoms with Gasteiger partial charge < -0.3 is 5.32 Å². The normalized spacial score (nSPS) is 11.3. The standard InChI is InChI=1S/C15H15Cl2FN4S/c1-9-11(5-2-6-18)13(16)22-12(9)14(20-15(17)21-22)19-8-10-4-3-7-23-10/h3-4,7H,2,5-6,8H2,1H3,(H,19,20,21). The zero-order valence-corrected chi connectivity index (χ0v) is 14.8. The molecule has 4 nitrogen and oxygen atoms in total. The van der Waals surface area contributed by atoms with E-state index in [4.69, 9.17) is 23.2 Å². The zero-order chi connectivity index (χ0) is 16.4. The number of rotatable bonds is 6. The molecule has 3 heterocycles. The number of alkyl halides is 1. The lowest BCUT2D eigenvalue weighted by Gasteiger charge is -2.07. The number of nitrogens with one attached hydrogen (secondary N) is 1. The van der Waals surface area contributed by atoms with Crippen LogP contribution in [0.3, 0.4) is 0 Å². The van der Waals surface area contributed by atoms with Gasteiger partial charge in [0.1, 0.15) is 10.7 Å². The number of aryl methyl sites for hydroxylation is 1. The molecule has 0 bridgehead atoms. The molecule has 0 fully saturated rings. The van der Waals surface area contributed by atoms with Gasteiger partial charge >= 0.3 is 0 Å². The van der Waals surface area contributed by atoms with Crippen molar-refractivity contribution < 1.29 is 4.39 Å².